The van der Waals surface area contributed by atoms with Crippen molar-refractivity contribution in [2.45, 2.75) is 37.8 Å². The number of carbonyl (C=O) groups is 1. The molecule has 4 heteroatoms. The molecule has 0 aliphatic heterocycles. The van der Waals surface area contributed by atoms with E-state index in [-0.39, 0.29) is 11.9 Å². The second-order valence-electron chi connectivity index (χ2n) is 4.44. The highest BCUT2D eigenvalue weighted by atomic mass is 35.5. The third-order valence-corrected chi connectivity index (χ3v) is 3.40. The zero-order valence-corrected chi connectivity index (χ0v) is 10.3. The molecule has 92 valence electrons. The standard InChI is InChI=1S/C13H16ClNO2/c14-10-7-5-9(6-8-10)13(17)15-11-3-1-2-4-12(11)16/h5-8,11-12,16H,1-4H2,(H,15,17)/t11-,12+/m1/s1. The Morgan fingerprint density at radius 3 is 2.53 bits per heavy atom. The minimum Gasteiger partial charge on any atom is -0.391 e. The largest absolute Gasteiger partial charge is 0.391 e. The Labute approximate surface area is 106 Å². The third-order valence-electron chi connectivity index (χ3n) is 3.15. The lowest BCUT2D eigenvalue weighted by Gasteiger charge is -2.28. The number of benzene rings is 1. The molecule has 17 heavy (non-hydrogen) atoms. The Hall–Kier alpha value is -1.06. The Morgan fingerprint density at radius 1 is 1.24 bits per heavy atom. The van der Waals surface area contributed by atoms with Crippen molar-refractivity contribution in [2.24, 2.45) is 0 Å². The molecule has 0 bridgehead atoms. The van der Waals surface area contributed by atoms with Crippen LogP contribution in [0.25, 0.3) is 0 Å². The molecule has 0 spiro atoms. The number of nitrogens with one attached hydrogen (secondary N) is 1. The van der Waals surface area contributed by atoms with Gasteiger partial charge in [0.25, 0.3) is 5.91 Å². The van der Waals surface area contributed by atoms with E-state index in [4.69, 9.17) is 11.6 Å². The van der Waals surface area contributed by atoms with E-state index in [2.05, 4.69) is 5.32 Å². The van der Waals surface area contributed by atoms with Crippen LogP contribution in [0.3, 0.4) is 0 Å². The number of rotatable bonds is 2. The number of aliphatic hydroxyl groups is 1. The van der Waals surface area contributed by atoms with Crippen LogP contribution in [-0.4, -0.2) is 23.2 Å². The van der Waals surface area contributed by atoms with E-state index < -0.39 is 6.10 Å². The molecule has 3 nitrogen and oxygen atoms in total. The van der Waals surface area contributed by atoms with E-state index in [1.165, 1.54) is 0 Å². The maximum Gasteiger partial charge on any atom is 0.251 e. The normalized spacial score (nSPS) is 24.4. The Balaban J connectivity index is 1.98. The Morgan fingerprint density at radius 2 is 1.88 bits per heavy atom. The number of halogens is 1. The lowest BCUT2D eigenvalue weighted by molar-refractivity contribution is 0.0717. The van der Waals surface area contributed by atoms with Gasteiger partial charge >= 0.3 is 0 Å². The van der Waals surface area contributed by atoms with Crippen molar-refractivity contribution in [2.75, 3.05) is 0 Å². The summed E-state index contributed by atoms with van der Waals surface area (Å²) >= 11 is 5.76. The zero-order valence-electron chi connectivity index (χ0n) is 9.53. The first-order valence-electron chi connectivity index (χ1n) is 5.91. The minimum absolute atomic E-state index is 0.119. The van der Waals surface area contributed by atoms with Crippen molar-refractivity contribution in [3.63, 3.8) is 0 Å². The van der Waals surface area contributed by atoms with Crippen LogP contribution in [-0.2, 0) is 0 Å². The van der Waals surface area contributed by atoms with E-state index in [1.54, 1.807) is 24.3 Å². The smallest absolute Gasteiger partial charge is 0.251 e. The Bertz CT molecular complexity index is 391. The molecule has 0 saturated heterocycles. The summed E-state index contributed by atoms with van der Waals surface area (Å²) < 4.78 is 0. The van der Waals surface area contributed by atoms with Crippen LogP contribution < -0.4 is 5.32 Å². The van der Waals surface area contributed by atoms with Crippen LogP contribution in [0.4, 0.5) is 0 Å². The maximum atomic E-state index is 11.9. The van der Waals surface area contributed by atoms with Crippen LogP contribution in [0.15, 0.2) is 24.3 Å². The van der Waals surface area contributed by atoms with Crippen molar-refractivity contribution in [3.05, 3.63) is 34.9 Å². The highest BCUT2D eigenvalue weighted by molar-refractivity contribution is 6.30. The molecular formula is C13H16ClNO2. The molecule has 0 aromatic heterocycles. The van der Waals surface area contributed by atoms with Crippen molar-refractivity contribution in [1.29, 1.82) is 0 Å². The van der Waals surface area contributed by atoms with Gasteiger partial charge in [-0.1, -0.05) is 24.4 Å². The van der Waals surface area contributed by atoms with E-state index in [0.29, 0.717) is 10.6 Å². The van der Waals surface area contributed by atoms with E-state index in [0.717, 1.165) is 25.7 Å². The fraction of sp³-hybridized carbons (Fsp3) is 0.462. The van der Waals surface area contributed by atoms with Gasteiger partial charge in [-0.05, 0) is 37.1 Å². The van der Waals surface area contributed by atoms with Crippen molar-refractivity contribution in [1.82, 2.24) is 5.32 Å². The van der Waals surface area contributed by atoms with Crippen LogP contribution in [0, 0.1) is 0 Å². The first-order valence-corrected chi connectivity index (χ1v) is 6.29. The summed E-state index contributed by atoms with van der Waals surface area (Å²) in [5.41, 5.74) is 0.576. The monoisotopic (exact) mass is 253 g/mol. The number of hydrogen-bond donors (Lipinski definition) is 2. The van der Waals surface area contributed by atoms with Gasteiger partial charge < -0.3 is 10.4 Å². The maximum absolute atomic E-state index is 11.9. The van der Waals surface area contributed by atoms with Gasteiger partial charge in [0.1, 0.15) is 0 Å². The molecule has 1 fully saturated rings. The van der Waals surface area contributed by atoms with Gasteiger partial charge in [0.15, 0.2) is 0 Å². The molecule has 1 aliphatic carbocycles. The summed E-state index contributed by atoms with van der Waals surface area (Å²) in [4.78, 5) is 11.9. The summed E-state index contributed by atoms with van der Waals surface area (Å²) in [6, 6.07) is 6.63. The van der Waals surface area contributed by atoms with E-state index in [1.807, 2.05) is 0 Å². The van der Waals surface area contributed by atoms with Crippen LogP contribution in [0.5, 0.6) is 0 Å². The highest BCUT2D eigenvalue weighted by Gasteiger charge is 2.24. The van der Waals surface area contributed by atoms with Gasteiger partial charge in [0, 0.05) is 10.6 Å². The second kappa shape index (κ2) is 5.52. The fourth-order valence-corrected chi connectivity index (χ4v) is 2.26. The van der Waals surface area contributed by atoms with Gasteiger partial charge in [-0.2, -0.15) is 0 Å². The average Bonchev–Trinajstić information content (AvgIpc) is 2.33. The molecule has 0 heterocycles. The first-order chi connectivity index (χ1) is 8.16. The number of aliphatic hydroxyl groups excluding tert-OH is 1. The van der Waals surface area contributed by atoms with E-state index >= 15 is 0 Å². The number of carbonyl (C=O) groups excluding carboxylic acids is 1. The van der Waals surface area contributed by atoms with Crippen molar-refractivity contribution < 1.29 is 9.90 Å². The van der Waals surface area contributed by atoms with Gasteiger partial charge in [-0.3, -0.25) is 4.79 Å². The topological polar surface area (TPSA) is 49.3 Å². The lowest BCUT2D eigenvalue weighted by atomic mass is 9.92. The molecule has 2 rings (SSSR count). The fourth-order valence-electron chi connectivity index (χ4n) is 2.13. The van der Waals surface area contributed by atoms with Gasteiger partial charge in [-0.15, -0.1) is 0 Å². The molecular weight excluding hydrogens is 238 g/mol. The summed E-state index contributed by atoms with van der Waals surface area (Å²) in [5.74, 6) is -0.146. The summed E-state index contributed by atoms with van der Waals surface area (Å²) in [6.45, 7) is 0. The van der Waals surface area contributed by atoms with Gasteiger partial charge in [0.05, 0.1) is 12.1 Å². The van der Waals surface area contributed by atoms with E-state index in [9.17, 15) is 9.90 Å². The molecule has 1 aromatic rings. The van der Waals surface area contributed by atoms with Gasteiger partial charge in [0.2, 0.25) is 0 Å². The zero-order chi connectivity index (χ0) is 12.3. The minimum atomic E-state index is -0.417. The molecule has 1 aromatic carbocycles. The molecule has 2 N–H and O–H groups in total. The van der Waals surface area contributed by atoms with Crippen molar-refractivity contribution >= 4 is 17.5 Å². The quantitative estimate of drug-likeness (QED) is 0.850. The molecule has 1 amide bonds. The lowest BCUT2D eigenvalue weighted by Crippen LogP contribution is -2.45. The van der Waals surface area contributed by atoms with Crippen LogP contribution >= 0.6 is 11.6 Å². The molecule has 0 unspecified atom stereocenters. The van der Waals surface area contributed by atoms with Crippen molar-refractivity contribution in [3.8, 4) is 0 Å². The SMILES string of the molecule is O=C(N[C@@H]1CCCC[C@@H]1O)c1ccc(Cl)cc1. The summed E-state index contributed by atoms with van der Waals surface area (Å²) in [7, 11) is 0. The molecule has 2 atom stereocenters. The number of hydrogen-bond acceptors (Lipinski definition) is 2. The first kappa shape index (κ1) is 12.4. The molecule has 1 aliphatic rings. The van der Waals surface area contributed by atoms with Crippen LogP contribution in [0.1, 0.15) is 36.0 Å². The highest BCUT2D eigenvalue weighted by Crippen LogP contribution is 2.19. The predicted molar refractivity (Wildman–Crippen MR) is 67.2 cm³/mol. The number of amides is 1. The average molecular weight is 254 g/mol. The summed E-state index contributed by atoms with van der Waals surface area (Å²) in [5, 5.41) is 13.3. The molecule has 1 saturated carbocycles. The predicted octanol–water partition coefficient (Wildman–Crippen LogP) is 2.37. The van der Waals surface area contributed by atoms with Gasteiger partial charge in [-0.25, -0.2) is 0 Å². The summed E-state index contributed by atoms with van der Waals surface area (Å²) in [6.07, 6.45) is 3.29. The molecule has 0 radical (unpaired) electrons. The second-order valence-corrected chi connectivity index (χ2v) is 4.88. The van der Waals surface area contributed by atoms with Crippen LogP contribution in [0.2, 0.25) is 5.02 Å². The Kier molecular flexibility index (Phi) is 4.02. The third kappa shape index (κ3) is 3.20.